The van der Waals surface area contributed by atoms with Gasteiger partial charge in [0.2, 0.25) is 0 Å². The molecule has 0 unspecified atom stereocenters. The first-order chi connectivity index (χ1) is 10.2. The zero-order valence-electron chi connectivity index (χ0n) is 13.9. The standard InChI is InChI=1S/C18H30N2S/c1-4-6-14-9-11-18(12-10-14,20-15-7-8-15)17-19-16(5-2)13(3)21-17/h14-15,20H,4-12H2,1-3H3. The van der Waals surface area contributed by atoms with Crippen molar-refractivity contribution in [1.82, 2.24) is 10.3 Å². The molecule has 2 saturated carbocycles. The van der Waals surface area contributed by atoms with Gasteiger partial charge < -0.3 is 5.32 Å². The highest BCUT2D eigenvalue weighted by Gasteiger charge is 2.42. The summed E-state index contributed by atoms with van der Waals surface area (Å²) in [6.07, 6.45) is 11.9. The molecular formula is C18H30N2S. The molecule has 0 bridgehead atoms. The second kappa shape index (κ2) is 6.37. The minimum Gasteiger partial charge on any atom is -0.303 e. The molecule has 1 aromatic heterocycles. The van der Waals surface area contributed by atoms with E-state index in [1.54, 1.807) is 0 Å². The van der Waals surface area contributed by atoms with Crippen molar-refractivity contribution in [2.75, 3.05) is 0 Å². The molecule has 0 spiro atoms. The van der Waals surface area contributed by atoms with Crippen molar-refractivity contribution in [3.63, 3.8) is 0 Å². The van der Waals surface area contributed by atoms with E-state index in [0.29, 0.717) is 0 Å². The van der Waals surface area contributed by atoms with E-state index >= 15 is 0 Å². The van der Waals surface area contributed by atoms with Gasteiger partial charge in [-0.3, -0.25) is 0 Å². The first-order valence-corrected chi connectivity index (χ1v) is 9.73. The summed E-state index contributed by atoms with van der Waals surface area (Å²) in [7, 11) is 0. The molecular weight excluding hydrogens is 276 g/mol. The average molecular weight is 307 g/mol. The highest BCUT2D eigenvalue weighted by molar-refractivity contribution is 7.11. The fourth-order valence-electron chi connectivity index (χ4n) is 3.87. The zero-order chi connectivity index (χ0) is 14.9. The Morgan fingerprint density at radius 2 is 1.90 bits per heavy atom. The van der Waals surface area contributed by atoms with Gasteiger partial charge in [-0.1, -0.05) is 26.7 Å². The lowest BCUT2D eigenvalue weighted by atomic mass is 9.75. The van der Waals surface area contributed by atoms with Crippen LogP contribution in [0, 0.1) is 12.8 Å². The van der Waals surface area contributed by atoms with Crippen LogP contribution in [-0.2, 0) is 12.0 Å². The number of rotatable bonds is 6. The van der Waals surface area contributed by atoms with Crippen LogP contribution in [0.25, 0.3) is 0 Å². The van der Waals surface area contributed by atoms with Crippen molar-refractivity contribution in [3.05, 3.63) is 15.6 Å². The molecule has 0 radical (unpaired) electrons. The van der Waals surface area contributed by atoms with E-state index in [1.807, 2.05) is 11.3 Å². The molecule has 3 rings (SSSR count). The smallest absolute Gasteiger partial charge is 0.113 e. The van der Waals surface area contributed by atoms with Gasteiger partial charge in [-0.25, -0.2) is 4.98 Å². The molecule has 0 saturated heterocycles. The monoisotopic (exact) mass is 306 g/mol. The Balaban J connectivity index is 1.80. The van der Waals surface area contributed by atoms with Crippen LogP contribution in [0.5, 0.6) is 0 Å². The lowest BCUT2D eigenvalue weighted by Gasteiger charge is -2.40. The Morgan fingerprint density at radius 1 is 1.19 bits per heavy atom. The van der Waals surface area contributed by atoms with E-state index in [9.17, 15) is 0 Å². The third kappa shape index (κ3) is 3.34. The van der Waals surface area contributed by atoms with E-state index in [0.717, 1.165) is 18.4 Å². The topological polar surface area (TPSA) is 24.9 Å². The Bertz CT molecular complexity index is 468. The van der Waals surface area contributed by atoms with Crippen molar-refractivity contribution in [3.8, 4) is 0 Å². The third-order valence-electron chi connectivity index (χ3n) is 5.35. The Hall–Kier alpha value is -0.410. The molecule has 2 aliphatic carbocycles. The van der Waals surface area contributed by atoms with Crippen molar-refractivity contribution < 1.29 is 0 Å². The molecule has 1 heterocycles. The fraction of sp³-hybridized carbons (Fsp3) is 0.833. The highest BCUT2D eigenvalue weighted by atomic mass is 32.1. The molecule has 0 aromatic carbocycles. The maximum atomic E-state index is 5.03. The summed E-state index contributed by atoms with van der Waals surface area (Å²) in [5, 5.41) is 5.39. The number of hydrogen-bond acceptors (Lipinski definition) is 3. The second-order valence-electron chi connectivity index (χ2n) is 7.11. The van der Waals surface area contributed by atoms with Crippen LogP contribution in [-0.4, -0.2) is 11.0 Å². The molecule has 1 aromatic rings. The fourth-order valence-corrected chi connectivity index (χ4v) is 5.08. The van der Waals surface area contributed by atoms with Gasteiger partial charge >= 0.3 is 0 Å². The van der Waals surface area contributed by atoms with Crippen molar-refractivity contribution in [1.29, 1.82) is 0 Å². The SMILES string of the molecule is CCCC1CCC(NC2CC2)(c2nc(CC)c(C)s2)CC1. The number of hydrogen-bond donors (Lipinski definition) is 1. The molecule has 1 N–H and O–H groups in total. The van der Waals surface area contributed by atoms with Crippen LogP contribution >= 0.6 is 11.3 Å². The maximum absolute atomic E-state index is 5.03. The summed E-state index contributed by atoms with van der Waals surface area (Å²) in [6.45, 7) is 6.79. The van der Waals surface area contributed by atoms with E-state index in [-0.39, 0.29) is 5.54 Å². The van der Waals surface area contributed by atoms with Gasteiger partial charge in [0.05, 0.1) is 11.2 Å². The molecule has 21 heavy (non-hydrogen) atoms. The van der Waals surface area contributed by atoms with E-state index in [1.165, 1.54) is 66.9 Å². The lowest BCUT2D eigenvalue weighted by Crippen LogP contribution is -2.46. The van der Waals surface area contributed by atoms with Gasteiger partial charge in [0, 0.05) is 10.9 Å². The molecule has 2 aliphatic rings. The number of nitrogens with one attached hydrogen (secondary N) is 1. The van der Waals surface area contributed by atoms with Crippen LogP contribution in [0.4, 0.5) is 0 Å². The minimum absolute atomic E-state index is 0.203. The predicted molar refractivity (Wildman–Crippen MR) is 90.9 cm³/mol. The summed E-state index contributed by atoms with van der Waals surface area (Å²) in [6, 6.07) is 0.766. The average Bonchev–Trinajstić information content (AvgIpc) is 3.21. The van der Waals surface area contributed by atoms with Crippen LogP contribution in [0.3, 0.4) is 0 Å². The summed E-state index contributed by atoms with van der Waals surface area (Å²) in [5.74, 6) is 0.954. The predicted octanol–water partition coefficient (Wildman–Crippen LogP) is 4.95. The summed E-state index contributed by atoms with van der Waals surface area (Å²) in [4.78, 5) is 6.46. The molecule has 0 aliphatic heterocycles. The summed E-state index contributed by atoms with van der Waals surface area (Å²) >= 11 is 1.96. The second-order valence-corrected chi connectivity index (χ2v) is 8.31. The number of thiazole rings is 1. The summed E-state index contributed by atoms with van der Waals surface area (Å²) < 4.78 is 0. The van der Waals surface area contributed by atoms with Crippen molar-refractivity contribution in [2.24, 2.45) is 5.92 Å². The Morgan fingerprint density at radius 3 is 2.43 bits per heavy atom. The first kappa shape index (κ1) is 15.5. The minimum atomic E-state index is 0.203. The van der Waals surface area contributed by atoms with Gasteiger partial charge in [0.15, 0.2) is 0 Å². The largest absolute Gasteiger partial charge is 0.303 e. The maximum Gasteiger partial charge on any atom is 0.113 e. The van der Waals surface area contributed by atoms with Crippen LogP contribution in [0.1, 0.15) is 80.8 Å². The van der Waals surface area contributed by atoms with Crippen LogP contribution in [0.15, 0.2) is 0 Å². The van der Waals surface area contributed by atoms with E-state index in [4.69, 9.17) is 4.98 Å². The quantitative estimate of drug-likeness (QED) is 0.804. The molecule has 2 nitrogen and oxygen atoms in total. The van der Waals surface area contributed by atoms with Gasteiger partial charge in [-0.05, 0) is 57.8 Å². The molecule has 118 valence electrons. The lowest BCUT2D eigenvalue weighted by molar-refractivity contribution is 0.179. The van der Waals surface area contributed by atoms with Gasteiger partial charge in [-0.15, -0.1) is 11.3 Å². The van der Waals surface area contributed by atoms with E-state index < -0.39 is 0 Å². The van der Waals surface area contributed by atoms with Crippen LogP contribution < -0.4 is 5.32 Å². The molecule has 0 amide bonds. The Labute approximate surface area is 133 Å². The Kier molecular flexibility index (Phi) is 4.70. The van der Waals surface area contributed by atoms with Crippen molar-refractivity contribution in [2.45, 2.75) is 90.1 Å². The van der Waals surface area contributed by atoms with Gasteiger partial charge in [0.25, 0.3) is 0 Å². The zero-order valence-corrected chi connectivity index (χ0v) is 14.7. The van der Waals surface area contributed by atoms with Crippen molar-refractivity contribution >= 4 is 11.3 Å². The highest BCUT2D eigenvalue weighted by Crippen LogP contribution is 2.44. The summed E-state index contributed by atoms with van der Waals surface area (Å²) in [5.41, 5.74) is 1.52. The third-order valence-corrected chi connectivity index (χ3v) is 6.57. The number of aryl methyl sites for hydroxylation is 2. The molecule has 2 fully saturated rings. The number of aromatic nitrogens is 1. The number of nitrogens with zero attached hydrogens (tertiary/aromatic N) is 1. The molecule has 3 heteroatoms. The van der Waals surface area contributed by atoms with Gasteiger partial charge in [-0.2, -0.15) is 0 Å². The van der Waals surface area contributed by atoms with Gasteiger partial charge in [0.1, 0.15) is 5.01 Å². The first-order valence-electron chi connectivity index (χ1n) is 8.91. The van der Waals surface area contributed by atoms with E-state index in [2.05, 4.69) is 26.1 Å². The van der Waals surface area contributed by atoms with Crippen LogP contribution in [0.2, 0.25) is 0 Å². The molecule has 0 atom stereocenters. The normalized spacial score (nSPS) is 29.8.